The molecule has 0 aliphatic rings. The van der Waals surface area contributed by atoms with Gasteiger partial charge in [0.2, 0.25) is 0 Å². The van der Waals surface area contributed by atoms with Crippen LogP contribution in [0.15, 0.2) is 170 Å². The summed E-state index contributed by atoms with van der Waals surface area (Å²) in [6.45, 7) is 27.5. The van der Waals surface area contributed by atoms with Crippen molar-refractivity contribution in [1.82, 2.24) is 29.1 Å². The Kier molecular flexibility index (Phi) is 20.0. The molecule has 4 aromatic carbocycles. The second kappa shape index (κ2) is 26.8. The molecule has 2 N–H and O–H groups in total. The van der Waals surface area contributed by atoms with Crippen LogP contribution in [0.2, 0.25) is 0 Å². The summed E-state index contributed by atoms with van der Waals surface area (Å²) >= 11 is 11.0. The van der Waals surface area contributed by atoms with Crippen molar-refractivity contribution in [2.45, 2.75) is 105 Å². The molecule has 0 amide bonds. The van der Waals surface area contributed by atoms with Crippen LogP contribution in [0.5, 0.6) is 0 Å². The number of carboxylic acid groups (broad SMARTS) is 2. The van der Waals surface area contributed by atoms with Crippen molar-refractivity contribution >= 4 is 113 Å². The molecule has 8 aromatic heterocycles. The molecule has 12 nitrogen and oxygen atoms in total. The van der Waals surface area contributed by atoms with E-state index in [2.05, 4.69) is 248 Å². The predicted octanol–water partition coefficient (Wildman–Crippen LogP) is 19.8. The number of carboxylic acids is 2. The summed E-state index contributed by atoms with van der Waals surface area (Å²) in [5.74, 6) is -2.15. The number of rotatable bonds is 8. The number of isothiocyanates is 2. The number of hydrogen-bond donors (Lipinski definition) is 2. The number of aromatic nitrogens is 6. The van der Waals surface area contributed by atoms with Gasteiger partial charge in [-0.2, -0.15) is 10.3 Å². The van der Waals surface area contributed by atoms with Gasteiger partial charge in [-0.15, -0.1) is 22.7 Å². The third kappa shape index (κ3) is 14.6. The number of aromatic carboxylic acids is 2. The maximum Gasteiger partial charge on any atom is 2.00 e. The van der Waals surface area contributed by atoms with E-state index in [0.29, 0.717) is 11.4 Å². The van der Waals surface area contributed by atoms with E-state index in [1.807, 2.05) is 35.1 Å². The van der Waals surface area contributed by atoms with Gasteiger partial charge in [0.15, 0.2) is 0 Å². The van der Waals surface area contributed by atoms with Crippen LogP contribution >= 0.6 is 47.1 Å². The van der Waals surface area contributed by atoms with E-state index >= 15 is 0 Å². The maximum atomic E-state index is 10.8. The monoisotopic (exact) mass is 1340 g/mol. The van der Waals surface area contributed by atoms with Gasteiger partial charge in [0.1, 0.15) is 10.0 Å². The standard InChI is InChI=1S/C58H58N4S2.C12H8N2O4.2CNS.Ru/c1-55(2,3)37-13-17-47-41(31-37)42-32-38(56(4,5)6)14-18-48(42)61(47)53-23-21-51(63-53)35-25-27-59-45(29-35)46-30-36(26-28-60-46)52-22-24-54(64-52)62-49-19-15-39(57(7,8)9)33-43(49)44-34-40(58(10,11)12)16-20-50(44)62;15-11(16)7-1-3-13-9(5-7)10-6-8(12(17)18)2-4-14-10;2*2-1-3;/h13-34H,1-12H3;1-6H,(H,15,16)(H,17,18);;;/q;;2*-1;+2. The number of carbonyl (C=O) groups is 2. The molecule has 0 unspecified atom stereocenters. The fraction of sp³-hybridized carbons (Fsp3) is 0.222. The molecule has 0 fully saturated rings. The molecule has 0 aliphatic carbocycles. The van der Waals surface area contributed by atoms with Crippen LogP contribution in [0.3, 0.4) is 0 Å². The number of thiophene rings is 2. The fourth-order valence-electron chi connectivity index (χ4n) is 10.4. The smallest absolute Gasteiger partial charge is 0.753 e. The van der Waals surface area contributed by atoms with Crippen LogP contribution in [-0.4, -0.2) is 61.5 Å². The van der Waals surface area contributed by atoms with Gasteiger partial charge in [-0.3, -0.25) is 19.9 Å². The van der Waals surface area contributed by atoms with E-state index in [1.54, 1.807) is 0 Å². The van der Waals surface area contributed by atoms with E-state index in [4.69, 9.17) is 31.0 Å². The van der Waals surface area contributed by atoms with Crippen molar-refractivity contribution in [3.05, 3.63) is 215 Å². The van der Waals surface area contributed by atoms with Crippen molar-refractivity contribution in [2.75, 3.05) is 0 Å². The van der Waals surface area contributed by atoms with Gasteiger partial charge in [0.05, 0.1) is 56.0 Å². The molecule has 8 heterocycles. The van der Waals surface area contributed by atoms with Crippen molar-refractivity contribution in [3.8, 4) is 53.7 Å². The van der Waals surface area contributed by atoms with Crippen LogP contribution in [0.1, 0.15) is 126 Å². The third-order valence-electron chi connectivity index (χ3n) is 15.2. The second-order valence-corrected chi connectivity index (χ2v) is 27.9. The Bertz CT molecular complexity index is 4270. The Morgan fingerprint density at radius 1 is 0.404 bits per heavy atom. The molecule has 0 aliphatic heterocycles. The van der Waals surface area contributed by atoms with E-state index in [-0.39, 0.29) is 52.3 Å². The SMILES string of the molecule is CC(C)(C)c1ccc2c(c1)c1cc(C(C)(C)C)ccc1n2-c1ccc(-c2ccnc(-c3cc(-c4ccc(-n5c6ccc(C(C)(C)C)cc6c6cc(C(C)(C)C)ccc65)s4)ccn3)c2)s1.O=C(O)c1ccnc(-c2cc(C(=O)O)ccn2)c1.[N-]=C=S.[N-]=C=S.[Ru+2]. The first kappa shape index (κ1) is 66.6. The topological polar surface area (TPSA) is 181 Å². The van der Waals surface area contributed by atoms with Gasteiger partial charge in [0, 0.05) is 56.1 Å². The molecule has 12 rings (SSSR count). The number of hydrogen-bond acceptors (Lipinski definition) is 10. The number of thiocarbonyl (C=S) groups is 2. The van der Waals surface area contributed by atoms with E-state index in [0.717, 1.165) is 22.5 Å². The molecular formula is C72H66N8O4RuS4. The zero-order valence-corrected chi connectivity index (χ0v) is 56.4. The first-order valence-electron chi connectivity index (χ1n) is 28.4. The van der Waals surface area contributed by atoms with Crippen LogP contribution in [-0.2, 0) is 41.1 Å². The molecule has 12 aromatic rings. The molecule has 0 saturated carbocycles. The summed E-state index contributed by atoms with van der Waals surface area (Å²) in [5.41, 5.74) is 15.3. The normalized spacial score (nSPS) is 11.6. The number of benzene rings is 4. The molecule has 0 bridgehead atoms. The van der Waals surface area contributed by atoms with Crippen molar-refractivity contribution < 1.29 is 39.3 Å². The van der Waals surface area contributed by atoms with Gasteiger partial charge in [0.25, 0.3) is 0 Å². The molecular weight excluding hydrogens is 1270 g/mol. The van der Waals surface area contributed by atoms with Gasteiger partial charge in [-0.05, 0) is 176 Å². The Labute approximate surface area is 550 Å². The largest absolute Gasteiger partial charge is 2.00 e. The Morgan fingerprint density at radius 2 is 0.663 bits per heavy atom. The van der Waals surface area contributed by atoms with Gasteiger partial charge in [-0.1, -0.05) is 132 Å². The maximum absolute atomic E-state index is 10.8. The van der Waals surface area contributed by atoms with Gasteiger partial charge >= 0.3 is 31.4 Å². The Balaban J connectivity index is 0.000000345. The minimum Gasteiger partial charge on any atom is -0.753 e. The van der Waals surface area contributed by atoms with E-state index in [9.17, 15) is 9.59 Å². The predicted molar refractivity (Wildman–Crippen MR) is 371 cm³/mol. The molecule has 89 heavy (non-hydrogen) atoms. The van der Waals surface area contributed by atoms with E-state index < -0.39 is 11.9 Å². The summed E-state index contributed by atoms with van der Waals surface area (Å²) < 4.78 is 4.90. The number of pyridine rings is 4. The Morgan fingerprint density at radius 3 is 0.921 bits per heavy atom. The summed E-state index contributed by atoms with van der Waals surface area (Å²) in [4.78, 5) is 41.7. The van der Waals surface area contributed by atoms with E-state index in [1.165, 1.54) is 133 Å². The molecule has 17 heteroatoms. The van der Waals surface area contributed by atoms with Crippen LogP contribution in [0, 0.1) is 0 Å². The Hall–Kier alpha value is -8.36. The minimum atomic E-state index is -1.08. The van der Waals surface area contributed by atoms with Crippen LogP contribution < -0.4 is 0 Å². The van der Waals surface area contributed by atoms with Crippen molar-refractivity contribution in [2.24, 2.45) is 0 Å². The van der Waals surface area contributed by atoms with Gasteiger partial charge in [-0.25, -0.2) is 9.59 Å². The van der Waals surface area contributed by atoms with Crippen LogP contribution in [0.4, 0.5) is 0 Å². The van der Waals surface area contributed by atoms with Crippen LogP contribution in [0.25, 0.3) is 108 Å². The first-order chi connectivity index (χ1) is 41.6. The first-order valence-corrected chi connectivity index (χ1v) is 30.8. The second-order valence-electron chi connectivity index (χ2n) is 25.4. The molecule has 0 atom stereocenters. The molecule has 0 saturated heterocycles. The van der Waals surface area contributed by atoms with Gasteiger partial charge < -0.3 is 30.2 Å². The average Bonchev–Trinajstić information content (AvgIpc) is 2.19. The molecule has 0 spiro atoms. The fourth-order valence-corrected chi connectivity index (χ4v) is 12.5. The minimum absolute atomic E-state index is 0. The number of fused-ring (bicyclic) bond motifs is 6. The van der Waals surface area contributed by atoms with Crippen molar-refractivity contribution in [1.29, 1.82) is 0 Å². The summed E-state index contributed by atoms with van der Waals surface area (Å²) in [6, 6.07) is 51.2. The summed E-state index contributed by atoms with van der Waals surface area (Å²) in [6.07, 6.45) is 6.52. The zero-order valence-electron chi connectivity index (χ0n) is 51.4. The third-order valence-corrected chi connectivity index (χ3v) is 17.5. The molecule has 0 radical (unpaired) electrons. The van der Waals surface area contributed by atoms with Crippen molar-refractivity contribution in [3.63, 3.8) is 0 Å². The zero-order chi connectivity index (χ0) is 63.6. The quantitative estimate of drug-likeness (QED) is 0.0844. The summed E-state index contributed by atoms with van der Waals surface area (Å²) in [7, 11) is 0. The average molecular weight is 1340 g/mol. The molecule has 450 valence electrons. The summed E-state index contributed by atoms with van der Waals surface area (Å²) in [5, 5.41) is 42.3. The number of nitrogens with zero attached hydrogens (tertiary/aromatic N) is 8.